The van der Waals surface area contributed by atoms with E-state index in [2.05, 4.69) is 26.7 Å². The zero-order chi connectivity index (χ0) is 11.9. The van der Waals surface area contributed by atoms with Crippen LogP contribution in [0.3, 0.4) is 0 Å². The highest BCUT2D eigenvalue weighted by Gasteiger charge is 2.10. The van der Waals surface area contributed by atoms with E-state index in [0.717, 1.165) is 29.4 Å². The average molecular weight is 247 g/mol. The van der Waals surface area contributed by atoms with Crippen molar-refractivity contribution in [1.29, 1.82) is 0 Å². The summed E-state index contributed by atoms with van der Waals surface area (Å²) in [6.45, 7) is 2.61. The average Bonchev–Trinajstić information content (AvgIpc) is 2.84. The Bertz CT molecular complexity index is 482. The monoisotopic (exact) mass is 247 g/mol. The lowest BCUT2D eigenvalue weighted by Gasteiger charge is -2.01. The van der Waals surface area contributed by atoms with Crippen molar-refractivity contribution in [3.8, 4) is 17.1 Å². The van der Waals surface area contributed by atoms with Gasteiger partial charge in [-0.15, -0.1) is 4.37 Å². The fraction of sp³-hybridized carbons (Fsp3) is 0.250. The molecule has 0 N–H and O–H groups in total. The smallest absolute Gasteiger partial charge is 0.254 e. The lowest BCUT2D eigenvalue weighted by Crippen LogP contribution is -1.95. The molecule has 2 heterocycles. The maximum atomic E-state index is 5.56. The second-order valence-electron chi connectivity index (χ2n) is 3.35. The van der Waals surface area contributed by atoms with Gasteiger partial charge in [-0.2, -0.15) is 4.37 Å². The Kier molecular flexibility index (Phi) is 4.21. The van der Waals surface area contributed by atoms with Gasteiger partial charge < -0.3 is 4.74 Å². The minimum absolute atomic E-state index is 0.520. The second kappa shape index (κ2) is 6.10. The zero-order valence-corrected chi connectivity index (χ0v) is 10.4. The van der Waals surface area contributed by atoms with E-state index in [1.165, 1.54) is 0 Å². The number of nitrogens with zero attached hydrogens (tertiary/aromatic N) is 3. The molecule has 0 unspecified atom stereocenters. The van der Waals surface area contributed by atoms with Crippen LogP contribution >= 0.6 is 11.7 Å². The van der Waals surface area contributed by atoms with Crippen molar-refractivity contribution >= 4 is 11.7 Å². The van der Waals surface area contributed by atoms with Crippen molar-refractivity contribution in [2.45, 2.75) is 13.3 Å². The van der Waals surface area contributed by atoms with Gasteiger partial charge >= 0.3 is 0 Å². The molecule has 0 saturated heterocycles. The van der Waals surface area contributed by atoms with Gasteiger partial charge in [-0.3, -0.25) is 4.98 Å². The van der Waals surface area contributed by atoms with Crippen LogP contribution < -0.4 is 4.74 Å². The molecule has 88 valence electrons. The molecule has 0 spiro atoms. The second-order valence-corrected chi connectivity index (χ2v) is 3.88. The molecular formula is C12H13N3OS. The minimum Gasteiger partial charge on any atom is -0.471 e. The number of hydrogen-bond donors (Lipinski definition) is 0. The Hall–Kier alpha value is -1.75. The number of rotatable bonds is 5. The van der Waals surface area contributed by atoms with E-state index >= 15 is 0 Å². The van der Waals surface area contributed by atoms with Gasteiger partial charge in [0.05, 0.1) is 11.7 Å². The van der Waals surface area contributed by atoms with Crippen LogP contribution in [0.4, 0.5) is 0 Å². The number of aromatic nitrogens is 3. The van der Waals surface area contributed by atoms with Gasteiger partial charge in [-0.1, -0.05) is 19.1 Å². The Morgan fingerprint density at radius 3 is 3.06 bits per heavy atom. The van der Waals surface area contributed by atoms with Crippen molar-refractivity contribution in [3.63, 3.8) is 0 Å². The molecule has 0 fully saturated rings. The van der Waals surface area contributed by atoms with Crippen LogP contribution in [0, 0.1) is 0 Å². The molecule has 0 aromatic carbocycles. The summed E-state index contributed by atoms with van der Waals surface area (Å²) in [6, 6.07) is 3.81. The first-order chi connectivity index (χ1) is 8.42. The lowest BCUT2D eigenvalue weighted by atomic mass is 10.2. The number of hydrogen-bond acceptors (Lipinski definition) is 5. The largest absolute Gasteiger partial charge is 0.471 e. The summed E-state index contributed by atoms with van der Waals surface area (Å²) in [5, 5.41) is 0. The molecule has 0 atom stereocenters. The first-order valence-corrected chi connectivity index (χ1v) is 6.15. The fourth-order valence-electron chi connectivity index (χ4n) is 1.32. The molecular weight excluding hydrogens is 234 g/mol. The quantitative estimate of drug-likeness (QED) is 0.762. The molecule has 4 nitrogen and oxygen atoms in total. The fourth-order valence-corrected chi connectivity index (χ4v) is 1.84. The van der Waals surface area contributed by atoms with Crippen LogP contribution in [0.1, 0.15) is 13.3 Å². The molecule has 2 aromatic rings. The molecule has 0 bridgehead atoms. The maximum absolute atomic E-state index is 5.56. The Labute approximate surface area is 104 Å². The summed E-state index contributed by atoms with van der Waals surface area (Å²) in [7, 11) is 0. The summed E-state index contributed by atoms with van der Waals surface area (Å²) in [6.07, 6.45) is 8.53. The Balaban J connectivity index is 2.10. The van der Waals surface area contributed by atoms with Crippen LogP contribution in [-0.4, -0.2) is 20.3 Å². The highest BCUT2D eigenvalue weighted by molar-refractivity contribution is 6.99. The van der Waals surface area contributed by atoms with E-state index in [4.69, 9.17) is 4.74 Å². The van der Waals surface area contributed by atoms with Crippen molar-refractivity contribution in [2.24, 2.45) is 0 Å². The van der Waals surface area contributed by atoms with Crippen molar-refractivity contribution in [1.82, 2.24) is 13.7 Å². The molecule has 0 aliphatic heterocycles. The van der Waals surface area contributed by atoms with Gasteiger partial charge in [0.1, 0.15) is 12.3 Å². The molecule has 0 saturated carbocycles. The van der Waals surface area contributed by atoms with Crippen LogP contribution in [-0.2, 0) is 0 Å². The van der Waals surface area contributed by atoms with E-state index < -0.39 is 0 Å². The minimum atomic E-state index is 0.520. The molecule has 0 aliphatic carbocycles. The topological polar surface area (TPSA) is 47.9 Å². The number of ether oxygens (including phenoxy) is 1. The van der Waals surface area contributed by atoms with Crippen molar-refractivity contribution < 1.29 is 4.74 Å². The standard InChI is InChI=1S/C12H13N3OS/c1-2-3-4-8-16-12-11(14-17-15-12)10-6-5-7-13-9-10/h3-7,9H,2,8H2,1H3. The van der Waals surface area contributed by atoms with Gasteiger partial charge in [0, 0.05) is 18.0 Å². The predicted octanol–water partition coefficient (Wildman–Crippen LogP) is 2.95. The normalized spacial score (nSPS) is 10.9. The molecule has 0 aliphatic rings. The number of allylic oxidation sites excluding steroid dienone is 1. The van der Waals surface area contributed by atoms with Gasteiger partial charge in [-0.05, 0) is 18.6 Å². The van der Waals surface area contributed by atoms with Gasteiger partial charge in [0.2, 0.25) is 0 Å². The first-order valence-electron chi connectivity index (χ1n) is 5.42. The van der Waals surface area contributed by atoms with Crippen LogP contribution in [0.5, 0.6) is 5.88 Å². The van der Waals surface area contributed by atoms with E-state index in [1.807, 2.05) is 18.2 Å². The first kappa shape index (κ1) is 11.7. The summed E-state index contributed by atoms with van der Waals surface area (Å²) >= 11 is 1.15. The summed E-state index contributed by atoms with van der Waals surface area (Å²) in [4.78, 5) is 4.06. The van der Waals surface area contributed by atoms with Crippen molar-refractivity contribution in [2.75, 3.05) is 6.61 Å². The van der Waals surface area contributed by atoms with E-state index in [-0.39, 0.29) is 0 Å². The molecule has 0 amide bonds. The van der Waals surface area contributed by atoms with E-state index in [0.29, 0.717) is 12.5 Å². The van der Waals surface area contributed by atoms with E-state index in [9.17, 15) is 0 Å². The number of pyridine rings is 1. The Morgan fingerprint density at radius 1 is 1.35 bits per heavy atom. The third-order valence-electron chi connectivity index (χ3n) is 2.11. The summed E-state index contributed by atoms with van der Waals surface area (Å²) in [5.74, 6) is 0.573. The van der Waals surface area contributed by atoms with Gasteiger partial charge in [0.25, 0.3) is 5.88 Å². The SMILES string of the molecule is CCC=CCOc1nsnc1-c1cccnc1. The van der Waals surface area contributed by atoms with Crippen LogP contribution in [0.2, 0.25) is 0 Å². The zero-order valence-electron chi connectivity index (χ0n) is 9.54. The molecule has 17 heavy (non-hydrogen) atoms. The highest BCUT2D eigenvalue weighted by atomic mass is 32.1. The summed E-state index contributed by atoms with van der Waals surface area (Å²) < 4.78 is 13.9. The molecule has 2 rings (SSSR count). The van der Waals surface area contributed by atoms with E-state index in [1.54, 1.807) is 12.4 Å². The maximum Gasteiger partial charge on any atom is 0.254 e. The predicted molar refractivity (Wildman–Crippen MR) is 68.1 cm³/mol. The van der Waals surface area contributed by atoms with Gasteiger partial charge in [0.15, 0.2) is 0 Å². The highest BCUT2D eigenvalue weighted by Crippen LogP contribution is 2.26. The summed E-state index contributed by atoms with van der Waals surface area (Å²) in [5.41, 5.74) is 1.68. The third-order valence-corrected chi connectivity index (χ3v) is 2.62. The van der Waals surface area contributed by atoms with Crippen LogP contribution in [0.25, 0.3) is 11.3 Å². The Morgan fingerprint density at radius 2 is 2.29 bits per heavy atom. The third kappa shape index (κ3) is 3.10. The molecule has 0 radical (unpaired) electrons. The molecule has 5 heteroatoms. The van der Waals surface area contributed by atoms with Crippen molar-refractivity contribution in [3.05, 3.63) is 36.7 Å². The van der Waals surface area contributed by atoms with Crippen LogP contribution in [0.15, 0.2) is 36.7 Å². The van der Waals surface area contributed by atoms with Gasteiger partial charge in [-0.25, -0.2) is 0 Å². The lowest BCUT2D eigenvalue weighted by molar-refractivity contribution is 0.353. The molecule has 2 aromatic heterocycles.